The van der Waals surface area contributed by atoms with E-state index in [1.54, 1.807) is 12.4 Å². The highest BCUT2D eigenvalue weighted by molar-refractivity contribution is 5.98. The molecule has 3 heterocycles. The van der Waals surface area contributed by atoms with Crippen LogP contribution in [-0.4, -0.2) is 60.3 Å². The van der Waals surface area contributed by atoms with Crippen molar-refractivity contribution >= 4 is 11.6 Å². The van der Waals surface area contributed by atoms with E-state index in [9.17, 15) is 15.0 Å². The molecule has 0 radical (unpaired) electrons. The number of primary amides is 1. The highest BCUT2D eigenvalue weighted by atomic mass is 16.6. The second-order valence-corrected chi connectivity index (χ2v) is 4.62. The number of rotatable bonds is 3. The van der Waals surface area contributed by atoms with Crippen molar-refractivity contribution in [3.63, 3.8) is 0 Å². The zero-order valence-electron chi connectivity index (χ0n) is 10.3. The van der Waals surface area contributed by atoms with Crippen LogP contribution in [0.25, 0.3) is 5.65 Å². The topological polar surface area (TPSA) is 135 Å². The summed E-state index contributed by atoms with van der Waals surface area (Å²) in [5.74, 6) is -0.660. The lowest BCUT2D eigenvalue weighted by atomic mass is 10.1. The molecule has 1 amide bonds. The van der Waals surface area contributed by atoms with Gasteiger partial charge in [-0.15, -0.1) is 0 Å². The number of aliphatic hydroxyl groups excluding tert-OH is 3. The Labute approximate surface area is 112 Å². The van der Waals surface area contributed by atoms with E-state index in [0.29, 0.717) is 5.65 Å². The Kier molecular flexibility index (Phi) is 2.98. The van der Waals surface area contributed by atoms with Gasteiger partial charge in [-0.2, -0.15) is 5.10 Å². The van der Waals surface area contributed by atoms with Crippen molar-refractivity contribution in [1.29, 1.82) is 0 Å². The molecule has 9 heteroatoms. The summed E-state index contributed by atoms with van der Waals surface area (Å²) >= 11 is 0. The Bertz CT molecular complexity index is 650. The third-order valence-electron chi connectivity index (χ3n) is 3.44. The summed E-state index contributed by atoms with van der Waals surface area (Å²) in [6, 6.07) is 0. The van der Waals surface area contributed by atoms with E-state index in [4.69, 9.17) is 15.6 Å². The lowest BCUT2D eigenvalue weighted by molar-refractivity contribution is -0.0508. The molecule has 1 aliphatic heterocycles. The summed E-state index contributed by atoms with van der Waals surface area (Å²) in [5, 5.41) is 32.8. The van der Waals surface area contributed by atoms with Crippen LogP contribution in [0, 0.1) is 0 Å². The van der Waals surface area contributed by atoms with Crippen LogP contribution in [0.3, 0.4) is 0 Å². The smallest absolute Gasteiger partial charge is 0.254 e. The number of carbonyl (C=O) groups excluding carboxylic acids is 1. The molecule has 1 saturated heterocycles. The van der Waals surface area contributed by atoms with Gasteiger partial charge in [0.05, 0.1) is 12.8 Å². The number of nitrogens with two attached hydrogens (primary N) is 1. The van der Waals surface area contributed by atoms with E-state index >= 15 is 0 Å². The quantitative estimate of drug-likeness (QED) is 0.506. The molecule has 0 aliphatic carbocycles. The monoisotopic (exact) mass is 282 g/mol. The number of ether oxygens (including phenoxy) is 1. The summed E-state index contributed by atoms with van der Waals surface area (Å²) in [4.78, 5) is 11.4. The fraction of sp³-hybridized carbons (Fsp3) is 0.455. The molecule has 5 N–H and O–H groups in total. The summed E-state index contributed by atoms with van der Waals surface area (Å²) in [6.45, 7) is -0.422. The maximum absolute atomic E-state index is 11.4. The SMILES string of the molecule is NC(=O)c1cnn2ccn([C@@H]3O[C@@H](CO)[C@@H](O)[C@H]3O)c12. The minimum atomic E-state index is -1.24. The zero-order chi connectivity index (χ0) is 14.4. The lowest BCUT2D eigenvalue weighted by Crippen LogP contribution is -2.33. The second kappa shape index (κ2) is 4.56. The molecule has 0 unspecified atom stereocenters. The molecule has 108 valence electrons. The van der Waals surface area contributed by atoms with Crippen molar-refractivity contribution in [2.75, 3.05) is 6.61 Å². The predicted octanol–water partition coefficient (Wildman–Crippen LogP) is -2.15. The molecule has 1 aliphatic rings. The van der Waals surface area contributed by atoms with Gasteiger partial charge in [-0.05, 0) is 0 Å². The lowest BCUT2D eigenvalue weighted by Gasteiger charge is -2.17. The fourth-order valence-electron chi connectivity index (χ4n) is 2.42. The molecule has 0 bridgehead atoms. The first-order valence-corrected chi connectivity index (χ1v) is 6.01. The van der Waals surface area contributed by atoms with Gasteiger partial charge in [0.15, 0.2) is 11.9 Å². The van der Waals surface area contributed by atoms with Crippen LogP contribution < -0.4 is 5.73 Å². The van der Waals surface area contributed by atoms with Gasteiger partial charge in [-0.3, -0.25) is 4.79 Å². The summed E-state index contributed by atoms with van der Waals surface area (Å²) < 4.78 is 8.28. The van der Waals surface area contributed by atoms with E-state index in [1.165, 1.54) is 15.3 Å². The first-order chi connectivity index (χ1) is 9.54. The Hall–Kier alpha value is -1.94. The first-order valence-electron chi connectivity index (χ1n) is 6.01. The number of hydrogen-bond donors (Lipinski definition) is 4. The number of aliphatic hydroxyl groups is 3. The third-order valence-corrected chi connectivity index (χ3v) is 3.44. The maximum atomic E-state index is 11.4. The van der Waals surface area contributed by atoms with Crippen LogP contribution >= 0.6 is 0 Å². The van der Waals surface area contributed by atoms with Crippen LogP contribution in [0.15, 0.2) is 18.6 Å². The Morgan fingerprint density at radius 2 is 2.15 bits per heavy atom. The van der Waals surface area contributed by atoms with Gasteiger partial charge >= 0.3 is 0 Å². The Morgan fingerprint density at radius 3 is 2.75 bits per heavy atom. The number of aromatic nitrogens is 3. The fourth-order valence-corrected chi connectivity index (χ4v) is 2.42. The summed E-state index contributed by atoms with van der Waals surface area (Å²) in [5.41, 5.74) is 5.80. The Morgan fingerprint density at radius 1 is 1.40 bits per heavy atom. The molecule has 1 fully saturated rings. The first kappa shape index (κ1) is 13.1. The van der Waals surface area contributed by atoms with Crippen LogP contribution in [0.2, 0.25) is 0 Å². The van der Waals surface area contributed by atoms with Crippen LogP contribution in [0.1, 0.15) is 16.6 Å². The molecule has 0 aromatic carbocycles. The van der Waals surface area contributed by atoms with Crippen molar-refractivity contribution in [1.82, 2.24) is 14.2 Å². The minimum absolute atomic E-state index is 0.174. The second-order valence-electron chi connectivity index (χ2n) is 4.62. The summed E-state index contributed by atoms with van der Waals surface area (Å²) in [6.07, 6.45) is 0.152. The van der Waals surface area contributed by atoms with Gasteiger partial charge in [0.2, 0.25) is 0 Å². The van der Waals surface area contributed by atoms with Crippen molar-refractivity contribution in [2.24, 2.45) is 5.73 Å². The zero-order valence-corrected chi connectivity index (χ0v) is 10.3. The average molecular weight is 282 g/mol. The van der Waals surface area contributed by atoms with Gasteiger partial charge < -0.3 is 30.4 Å². The van der Waals surface area contributed by atoms with E-state index < -0.39 is 37.1 Å². The Balaban J connectivity index is 2.06. The largest absolute Gasteiger partial charge is 0.394 e. The molecular formula is C11H14N4O5. The third kappa shape index (κ3) is 1.72. The van der Waals surface area contributed by atoms with Crippen molar-refractivity contribution in [3.8, 4) is 0 Å². The average Bonchev–Trinajstić information content (AvgIpc) is 3.06. The van der Waals surface area contributed by atoms with E-state index in [0.717, 1.165) is 0 Å². The number of nitrogens with zero attached hydrogens (tertiary/aromatic N) is 3. The number of carbonyl (C=O) groups is 1. The van der Waals surface area contributed by atoms with Gasteiger partial charge in [0, 0.05) is 12.4 Å². The molecule has 9 nitrogen and oxygen atoms in total. The van der Waals surface area contributed by atoms with Crippen LogP contribution in [-0.2, 0) is 4.74 Å². The van der Waals surface area contributed by atoms with E-state index in [2.05, 4.69) is 5.10 Å². The predicted molar refractivity (Wildman–Crippen MR) is 64.7 cm³/mol. The number of fused-ring (bicyclic) bond motifs is 1. The molecular weight excluding hydrogens is 268 g/mol. The van der Waals surface area contributed by atoms with Crippen LogP contribution in [0.5, 0.6) is 0 Å². The van der Waals surface area contributed by atoms with Gasteiger partial charge in [0.1, 0.15) is 23.9 Å². The van der Waals surface area contributed by atoms with Gasteiger partial charge in [-0.25, -0.2) is 4.52 Å². The van der Waals surface area contributed by atoms with Gasteiger partial charge in [0.25, 0.3) is 5.91 Å². The normalized spacial score (nSPS) is 30.1. The van der Waals surface area contributed by atoms with Crippen molar-refractivity contribution in [2.45, 2.75) is 24.5 Å². The summed E-state index contributed by atoms with van der Waals surface area (Å²) in [7, 11) is 0. The minimum Gasteiger partial charge on any atom is -0.394 e. The van der Waals surface area contributed by atoms with Crippen molar-refractivity contribution in [3.05, 3.63) is 24.2 Å². The number of hydrogen-bond acceptors (Lipinski definition) is 6. The molecule has 0 spiro atoms. The van der Waals surface area contributed by atoms with Crippen LogP contribution in [0.4, 0.5) is 0 Å². The highest BCUT2D eigenvalue weighted by Crippen LogP contribution is 2.31. The van der Waals surface area contributed by atoms with Crippen molar-refractivity contribution < 1.29 is 24.9 Å². The van der Waals surface area contributed by atoms with E-state index in [1.807, 2.05) is 0 Å². The van der Waals surface area contributed by atoms with E-state index in [-0.39, 0.29) is 5.56 Å². The molecule has 2 aromatic rings. The molecule has 3 rings (SSSR count). The number of imidazole rings is 1. The highest BCUT2D eigenvalue weighted by Gasteiger charge is 2.44. The molecule has 4 atom stereocenters. The number of amides is 1. The molecule has 0 saturated carbocycles. The molecule has 2 aromatic heterocycles. The standard InChI is InChI=1S/C11H14N4O5/c12-9(19)5-3-13-15-2-1-14(10(5)15)11-8(18)7(17)6(4-16)20-11/h1-3,6-8,11,16-18H,4H2,(H2,12,19)/t6-,7+,8+,11+/m0/s1. The van der Waals surface area contributed by atoms with Gasteiger partial charge in [-0.1, -0.05) is 0 Å². The molecule has 20 heavy (non-hydrogen) atoms. The maximum Gasteiger partial charge on any atom is 0.254 e.